The summed E-state index contributed by atoms with van der Waals surface area (Å²) < 4.78 is 10.6. The van der Waals surface area contributed by atoms with Crippen LogP contribution in [0.5, 0.6) is 11.5 Å². The van der Waals surface area contributed by atoms with Crippen molar-refractivity contribution >= 4 is 10.9 Å². The first-order valence-corrected chi connectivity index (χ1v) is 10.6. The lowest BCUT2D eigenvalue weighted by Gasteiger charge is -2.24. The molecular weight excluding hydrogens is 402 g/mol. The van der Waals surface area contributed by atoms with Crippen molar-refractivity contribution in [2.24, 2.45) is 0 Å². The molecule has 0 saturated carbocycles. The fourth-order valence-corrected chi connectivity index (χ4v) is 3.80. The second-order valence-corrected chi connectivity index (χ2v) is 7.73. The van der Waals surface area contributed by atoms with Gasteiger partial charge in [-0.1, -0.05) is 36.4 Å². The number of ether oxygens (including phenoxy) is 2. The summed E-state index contributed by atoms with van der Waals surface area (Å²) in [7, 11) is 3.32. The number of fused-ring (bicyclic) bond motifs is 1. The Morgan fingerprint density at radius 3 is 2.19 bits per heavy atom. The fraction of sp³-hybridized carbons (Fsp3) is 0.231. The van der Waals surface area contributed by atoms with E-state index >= 15 is 0 Å². The SMILES string of the molecule is COc1ccc(C[C@H](N[C@H](C)c2nc3ccccc3c(=O)[nH]2)c2ccc(OC)cc2)cc1. The number of rotatable bonds is 8. The number of nitrogens with zero attached hydrogens (tertiary/aromatic N) is 1. The average molecular weight is 430 g/mol. The van der Waals surface area contributed by atoms with Crippen LogP contribution in [0, 0.1) is 0 Å². The third-order valence-electron chi connectivity index (χ3n) is 5.61. The molecule has 0 radical (unpaired) electrons. The predicted molar refractivity (Wildman–Crippen MR) is 126 cm³/mol. The summed E-state index contributed by atoms with van der Waals surface area (Å²) in [5.74, 6) is 2.25. The molecule has 6 heteroatoms. The molecule has 1 heterocycles. The van der Waals surface area contributed by atoms with E-state index in [0.717, 1.165) is 23.5 Å². The topological polar surface area (TPSA) is 76.2 Å². The summed E-state index contributed by atoms with van der Waals surface area (Å²) in [4.78, 5) is 20.2. The van der Waals surface area contributed by atoms with Gasteiger partial charge in [-0.15, -0.1) is 0 Å². The van der Waals surface area contributed by atoms with Crippen LogP contribution >= 0.6 is 0 Å². The van der Waals surface area contributed by atoms with E-state index < -0.39 is 0 Å². The van der Waals surface area contributed by atoms with Gasteiger partial charge >= 0.3 is 0 Å². The molecule has 2 atom stereocenters. The molecule has 0 aliphatic carbocycles. The molecule has 3 aromatic carbocycles. The monoisotopic (exact) mass is 429 g/mol. The van der Waals surface area contributed by atoms with Crippen molar-refractivity contribution in [1.29, 1.82) is 0 Å². The highest BCUT2D eigenvalue weighted by Gasteiger charge is 2.19. The molecule has 0 amide bonds. The van der Waals surface area contributed by atoms with Crippen LogP contribution in [0.15, 0.2) is 77.6 Å². The minimum Gasteiger partial charge on any atom is -0.497 e. The van der Waals surface area contributed by atoms with Crippen LogP contribution in [0.4, 0.5) is 0 Å². The molecule has 0 spiro atoms. The Hall–Kier alpha value is -3.64. The van der Waals surface area contributed by atoms with Gasteiger partial charge < -0.3 is 19.8 Å². The lowest BCUT2D eigenvalue weighted by atomic mass is 9.97. The second-order valence-electron chi connectivity index (χ2n) is 7.73. The largest absolute Gasteiger partial charge is 0.497 e. The molecule has 2 N–H and O–H groups in total. The Morgan fingerprint density at radius 2 is 1.53 bits per heavy atom. The van der Waals surface area contributed by atoms with Crippen molar-refractivity contribution in [3.63, 3.8) is 0 Å². The average Bonchev–Trinajstić information content (AvgIpc) is 2.84. The van der Waals surface area contributed by atoms with E-state index in [1.54, 1.807) is 20.3 Å². The minimum absolute atomic E-state index is 0.000994. The molecule has 0 aliphatic rings. The van der Waals surface area contributed by atoms with E-state index in [2.05, 4.69) is 39.6 Å². The van der Waals surface area contributed by atoms with Crippen LogP contribution in [0.3, 0.4) is 0 Å². The second kappa shape index (κ2) is 9.66. The van der Waals surface area contributed by atoms with Gasteiger partial charge in [-0.25, -0.2) is 4.98 Å². The number of H-pyrrole nitrogens is 1. The molecule has 0 aliphatic heterocycles. The van der Waals surface area contributed by atoms with Gasteiger partial charge in [0.15, 0.2) is 0 Å². The maximum absolute atomic E-state index is 12.5. The normalized spacial score (nSPS) is 13.0. The first-order valence-electron chi connectivity index (χ1n) is 10.6. The number of hydrogen-bond acceptors (Lipinski definition) is 5. The Kier molecular flexibility index (Phi) is 6.52. The zero-order valence-electron chi connectivity index (χ0n) is 18.5. The maximum Gasteiger partial charge on any atom is 0.258 e. The summed E-state index contributed by atoms with van der Waals surface area (Å²) in [5.41, 5.74) is 2.86. The van der Waals surface area contributed by atoms with Crippen LogP contribution in [0.1, 0.15) is 36.0 Å². The van der Waals surface area contributed by atoms with Gasteiger partial charge in [-0.05, 0) is 60.9 Å². The van der Waals surface area contributed by atoms with Crippen LogP contribution in [-0.2, 0) is 6.42 Å². The summed E-state index contributed by atoms with van der Waals surface area (Å²) in [6.45, 7) is 2.01. The number of benzene rings is 3. The summed E-state index contributed by atoms with van der Waals surface area (Å²) >= 11 is 0. The molecule has 0 bridgehead atoms. The summed E-state index contributed by atoms with van der Waals surface area (Å²) in [6.07, 6.45) is 0.762. The number of aromatic amines is 1. The molecule has 6 nitrogen and oxygen atoms in total. The van der Waals surface area contributed by atoms with E-state index in [1.807, 2.05) is 49.4 Å². The highest BCUT2D eigenvalue weighted by Crippen LogP contribution is 2.25. The number of hydrogen-bond donors (Lipinski definition) is 2. The van der Waals surface area contributed by atoms with E-state index in [4.69, 9.17) is 9.47 Å². The molecule has 32 heavy (non-hydrogen) atoms. The van der Waals surface area contributed by atoms with E-state index in [1.165, 1.54) is 5.56 Å². The standard InChI is InChI=1S/C26H27N3O3/c1-17(25-28-23-7-5-4-6-22(23)26(30)29-25)27-24(19-10-14-21(32-3)15-11-19)16-18-8-12-20(31-2)13-9-18/h4-15,17,24,27H,16H2,1-3H3,(H,28,29,30)/t17-,24+/m1/s1. The Morgan fingerprint density at radius 1 is 0.906 bits per heavy atom. The number of aromatic nitrogens is 2. The summed E-state index contributed by atoms with van der Waals surface area (Å²) in [6, 6.07) is 23.3. The van der Waals surface area contributed by atoms with Gasteiger partial charge in [0.25, 0.3) is 5.56 Å². The Labute approximate surface area is 187 Å². The smallest absolute Gasteiger partial charge is 0.258 e. The lowest BCUT2D eigenvalue weighted by molar-refractivity contribution is 0.412. The lowest BCUT2D eigenvalue weighted by Crippen LogP contribution is -2.29. The van der Waals surface area contributed by atoms with Crippen molar-refractivity contribution < 1.29 is 9.47 Å². The highest BCUT2D eigenvalue weighted by atomic mass is 16.5. The zero-order chi connectivity index (χ0) is 22.5. The van der Waals surface area contributed by atoms with Crippen molar-refractivity contribution in [3.05, 3.63) is 100 Å². The van der Waals surface area contributed by atoms with Gasteiger partial charge in [0.1, 0.15) is 17.3 Å². The fourth-order valence-electron chi connectivity index (χ4n) is 3.80. The van der Waals surface area contributed by atoms with Gasteiger partial charge in [0.2, 0.25) is 0 Å². The van der Waals surface area contributed by atoms with Crippen LogP contribution in [0.25, 0.3) is 10.9 Å². The molecular formula is C26H27N3O3. The van der Waals surface area contributed by atoms with Crippen LogP contribution < -0.4 is 20.3 Å². The van der Waals surface area contributed by atoms with Crippen LogP contribution in [0.2, 0.25) is 0 Å². The molecule has 164 valence electrons. The van der Waals surface area contributed by atoms with Crippen molar-refractivity contribution in [2.45, 2.75) is 25.4 Å². The van der Waals surface area contributed by atoms with E-state index in [9.17, 15) is 4.79 Å². The molecule has 0 unspecified atom stereocenters. The van der Waals surface area contributed by atoms with Crippen molar-refractivity contribution in [3.8, 4) is 11.5 Å². The maximum atomic E-state index is 12.5. The molecule has 4 rings (SSSR count). The van der Waals surface area contributed by atoms with Crippen molar-refractivity contribution in [2.75, 3.05) is 14.2 Å². The predicted octanol–water partition coefficient (Wildman–Crippen LogP) is 4.57. The number of methoxy groups -OCH3 is 2. The minimum atomic E-state index is -0.169. The number of para-hydroxylation sites is 1. The third-order valence-corrected chi connectivity index (χ3v) is 5.61. The van der Waals surface area contributed by atoms with E-state index in [0.29, 0.717) is 16.7 Å². The Balaban J connectivity index is 1.63. The van der Waals surface area contributed by atoms with Gasteiger partial charge in [-0.2, -0.15) is 0 Å². The number of nitrogens with one attached hydrogen (secondary N) is 2. The zero-order valence-corrected chi connectivity index (χ0v) is 18.5. The van der Waals surface area contributed by atoms with Gasteiger partial charge in [0.05, 0.1) is 31.2 Å². The van der Waals surface area contributed by atoms with Gasteiger partial charge in [0, 0.05) is 6.04 Å². The van der Waals surface area contributed by atoms with E-state index in [-0.39, 0.29) is 17.6 Å². The highest BCUT2D eigenvalue weighted by molar-refractivity contribution is 5.77. The molecule has 4 aromatic rings. The van der Waals surface area contributed by atoms with Gasteiger partial charge in [-0.3, -0.25) is 4.79 Å². The molecule has 1 aromatic heterocycles. The quantitative estimate of drug-likeness (QED) is 0.429. The Bertz CT molecular complexity index is 1230. The first kappa shape index (κ1) is 21.6. The molecule has 0 fully saturated rings. The third kappa shape index (κ3) is 4.81. The molecule has 0 saturated heterocycles. The van der Waals surface area contributed by atoms with Crippen molar-refractivity contribution in [1.82, 2.24) is 15.3 Å². The summed E-state index contributed by atoms with van der Waals surface area (Å²) in [5, 5.41) is 4.24. The van der Waals surface area contributed by atoms with Crippen LogP contribution in [-0.4, -0.2) is 24.2 Å². The first-order chi connectivity index (χ1) is 15.6.